The van der Waals surface area contributed by atoms with Gasteiger partial charge in [-0.2, -0.15) is 0 Å². The Morgan fingerprint density at radius 2 is 2.32 bits per heavy atom. The van der Waals surface area contributed by atoms with Crippen LogP contribution in [0.4, 0.5) is 0 Å². The highest BCUT2D eigenvalue weighted by Crippen LogP contribution is 2.33. The molecule has 2 heterocycles. The zero-order valence-corrected chi connectivity index (χ0v) is 11.0. The molecule has 3 unspecified atom stereocenters. The van der Waals surface area contributed by atoms with Crippen LogP contribution >= 0.6 is 0 Å². The summed E-state index contributed by atoms with van der Waals surface area (Å²) in [5, 5.41) is 2.31. The van der Waals surface area contributed by atoms with E-state index in [-0.39, 0.29) is 12.1 Å². The fraction of sp³-hybridized carbons (Fsp3) is 0.400. The fourth-order valence-corrected chi connectivity index (χ4v) is 2.92. The third kappa shape index (κ3) is 2.23. The number of nitrogens with zero attached hydrogens (tertiary/aromatic N) is 1. The number of rotatable bonds is 3. The number of benzene rings is 1. The Bertz CT molecular complexity index is 567. The van der Waals surface area contributed by atoms with Crippen molar-refractivity contribution in [2.75, 3.05) is 6.61 Å². The summed E-state index contributed by atoms with van der Waals surface area (Å²) in [6, 6.07) is 8.28. The van der Waals surface area contributed by atoms with E-state index in [0.29, 0.717) is 5.92 Å². The Hall–Kier alpha value is -1.49. The molecule has 19 heavy (non-hydrogen) atoms. The maximum Gasteiger partial charge on any atom is 0.0809 e. The number of nitrogens with two attached hydrogens (primary N) is 1. The van der Waals surface area contributed by atoms with Crippen LogP contribution in [0.15, 0.2) is 36.7 Å². The van der Waals surface area contributed by atoms with Gasteiger partial charge in [0.15, 0.2) is 0 Å². The molecule has 4 nitrogen and oxygen atoms in total. The molecule has 0 saturated carbocycles. The Kier molecular flexibility index (Phi) is 3.46. The molecule has 1 aromatic carbocycles. The van der Waals surface area contributed by atoms with E-state index in [0.717, 1.165) is 18.4 Å². The molecule has 0 spiro atoms. The number of hydrazine groups is 1. The third-order valence-electron chi connectivity index (χ3n) is 4.00. The van der Waals surface area contributed by atoms with Gasteiger partial charge in [0.2, 0.25) is 0 Å². The van der Waals surface area contributed by atoms with Crippen LogP contribution in [0.5, 0.6) is 0 Å². The van der Waals surface area contributed by atoms with E-state index < -0.39 is 0 Å². The second kappa shape index (κ2) is 5.25. The van der Waals surface area contributed by atoms with Gasteiger partial charge < -0.3 is 4.74 Å². The lowest BCUT2D eigenvalue weighted by Crippen LogP contribution is -2.38. The van der Waals surface area contributed by atoms with E-state index in [1.807, 2.05) is 24.5 Å². The predicted octanol–water partition coefficient (Wildman–Crippen LogP) is 2.16. The molecule has 0 aliphatic carbocycles. The summed E-state index contributed by atoms with van der Waals surface area (Å²) >= 11 is 0. The van der Waals surface area contributed by atoms with Crippen LogP contribution in [0.3, 0.4) is 0 Å². The quantitative estimate of drug-likeness (QED) is 0.653. The Morgan fingerprint density at radius 3 is 3.05 bits per heavy atom. The van der Waals surface area contributed by atoms with E-state index >= 15 is 0 Å². The van der Waals surface area contributed by atoms with E-state index in [1.165, 1.54) is 10.9 Å². The van der Waals surface area contributed by atoms with E-state index in [9.17, 15) is 0 Å². The predicted molar refractivity (Wildman–Crippen MR) is 75.3 cm³/mol. The summed E-state index contributed by atoms with van der Waals surface area (Å²) in [6.07, 6.45) is 4.92. The molecule has 1 aromatic heterocycles. The molecule has 3 rings (SSSR count). The summed E-state index contributed by atoms with van der Waals surface area (Å²) in [6.45, 7) is 3.03. The lowest BCUT2D eigenvalue weighted by molar-refractivity contribution is 0.0611. The van der Waals surface area contributed by atoms with Gasteiger partial charge >= 0.3 is 0 Å². The number of fused-ring (bicyclic) bond motifs is 1. The second-order valence-corrected chi connectivity index (χ2v) is 5.19. The lowest BCUT2D eigenvalue weighted by atomic mass is 9.90. The monoisotopic (exact) mass is 257 g/mol. The number of aromatic nitrogens is 1. The van der Waals surface area contributed by atoms with Gasteiger partial charge in [-0.25, -0.2) is 0 Å². The van der Waals surface area contributed by atoms with Gasteiger partial charge in [-0.1, -0.05) is 25.1 Å². The smallest absolute Gasteiger partial charge is 0.0809 e. The van der Waals surface area contributed by atoms with Gasteiger partial charge in [0.05, 0.1) is 12.1 Å². The average Bonchev–Trinajstić information content (AvgIpc) is 2.86. The van der Waals surface area contributed by atoms with Crippen LogP contribution in [0, 0.1) is 5.92 Å². The first-order valence-electron chi connectivity index (χ1n) is 6.71. The maximum absolute atomic E-state index is 5.86. The molecule has 1 aliphatic heterocycles. The van der Waals surface area contributed by atoms with Crippen LogP contribution in [-0.4, -0.2) is 17.7 Å². The van der Waals surface area contributed by atoms with Gasteiger partial charge in [-0.3, -0.25) is 16.3 Å². The standard InChI is InChI=1S/C15H19N3O/c1-10-6-8-19-15(10)14(18-16)13-4-2-3-11-9-17-7-5-12(11)13/h2-5,7,9-10,14-15,18H,6,8,16H2,1H3. The van der Waals surface area contributed by atoms with Crippen molar-refractivity contribution in [1.82, 2.24) is 10.4 Å². The third-order valence-corrected chi connectivity index (χ3v) is 4.00. The first-order chi connectivity index (χ1) is 9.31. The molecule has 3 N–H and O–H groups in total. The minimum atomic E-state index is 0.0172. The van der Waals surface area contributed by atoms with Crippen LogP contribution < -0.4 is 11.3 Å². The number of hydrogen-bond donors (Lipinski definition) is 2. The van der Waals surface area contributed by atoms with Crippen molar-refractivity contribution in [2.24, 2.45) is 11.8 Å². The van der Waals surface area contributed by atoms with Crippen molar-refractivity contribution in [3.63, 3.8) is 0 Å². The molecule has 4 heteroatoms. The van der Waals surface area contributed by atoms with Crippen molar-refractivity contribution in [3.8, 4) is 0 Å². The van der Waals surface area contributed by atoms with Crippen molar-refractivity contribution in [3.05, 3.63) is 42.2 Å². The minimum absolute atomic E-state index is 0.0172. The van der Waals surface area contributed by atoms with Crippen LogP contribution in [0.25, 0.3) is 10.8 Å². The summed E-state index contributed by atoms with van der Waals surface area (Å²) in [5.74, 6) is 6.30. The molecule has 2 aromatic rings. The largest absolute Gasteiger partial charge is 0.376 e. The zero-order valence-electron chi connectivity index (χ0n) is 11.0. The van der Waals surface area contributed by atoms with Gasteiger partial charge in [-0.15, -0.1) is 0 Å². The molecular weight excluding hydrogens is 238 g/mol. The maximum atomic E-state index is 5.86. The highest BCUT2D eigenvalue weighted by atomic mass is 16.5. The van der Waals surface area contributed by atoms with Crippen molar-refractivity contribution in [1.29, 1.82) is 0 Å². The molecular formula is C15H19N3O. The van der Waals surface area contributed by atoms with Crippen molar-refractivity contribution >= 4 is 10.8 Å². The summed E-state index contributed by atoms with van der Waals surface area (Å²) in [7, 11) is 0. The molecule has 0 bridgehead atoms. The minimum Gasteiger partial charge on any atom is -0.376 e. The Morgan fingerprint density at radius 1 is 1.42 bits per heavy atom. The van der Waals surface area contributed by atoms with Gasteiger partial charge in [-0.05, 0) is 29.4 Å². The first-order valence-corrected chi connectivity index (χ1v) is 6.71. The SMILES string of the molecule is CC1CCOC1C(NN)c1cccc2cnccc12. The summed E-state index contributed by atoms with van der Waals surface area (Å²) < 4.78 is 5.86. The Balaban J connectivity index is 2.06. The van der Waals surface area contributed by atoms with Gasteiger partial charge in [0, 0.05) is 24.4 Å². The number of nitrogens with one attached hydrogen (secondary N) is 1. The van der Waals surface area contributed by atoms with Crippen molar-refractivity contribution in [2.45, 2.75) is 25.5 Å². The van der Waals surface area contributed by atoms with E-state index in [2.05, 4.69) is 29.5 Å². The van der Waals surface area contributed by atoms with Gasteiger partial charge in [0.25, 0.3) is 0 Å². The number of ether oxygens (including phenoxy) is 1. The van der Waals surface area contributed by atoms with Crippen LogP contribution in [0.2, 0.25) is 0 Å². The number of pyridine rings is 1. The van der Waals surface area contributed by atoms with Crippen LogP contribution in [-0.2, 0) is 4.74 Å². The number of hydrogen-bond acceptors (Lipinski definition) is 4. The van der Waals surface area contributed by atoms with E-state index in [1.54, 1.807) is 0 Å². The fourth-order valence-electron chi connectivity index (χ4n) is 2.92. The molecule has 100 valence electrons. The second-order valence-electron chi connectivity index (χ2n) is 5.19. The van der Waals surface area contributed by atoms with Gasteiger partial charge in [0.1, 0.15) is 0 Å². The molecule has 1 saturated heterocycles. The lowest BCUT2D eigenvalue weighted by Gasteiger charge is -2.26. The summed E-state index contributed by atoms with van der Waals surface area (Å²) in [4.78, 5) is 4.17. The molecule has 1 aliphatic rings. The zero-order chi connectivity index (χ0) is 13.2. The average molecular weight is 257 g/mol. The summed E-state index contributed by atoms with van der Waals surface area (Å²) in [5.41, 5.74) is 4.12. The Labute approximate surface area is 112 Å². The molecule has 1 fully saturated rings. The highest BCUT2D eigenvalue weighted by Gasteiger charge is 2.33. The molecule has 0 radical (unpaired) electrons. The molecule has 3 atom stereocenters. The van der Waals surface area contributed by atoms with Crippen molar-refractivity contribution < 1.29 is 4.74 Å². The normalized spacial score (nSPS) is 24.7. The van der Waals surface area contributed by atoms with Crippen LogP contribution in [0.1, 0.15) is 24.9 Å². The first kappa shape index (κ1) is 12.5. The topological polar surface area (TPSA) is 60.2 Å². The molecule has 0 amide bonds. The van der Waals surface area contributed by atoms with E-state index in [4.69, 9.17) is 10.6 Å². The highest BCUT2D eigenvalue weighted by molar-refractivity contribution is 5.85.